The summed E-state index contributed by atoms with van der Waals surface area (Å²) < 4.78 is 30.5. The van der Waals surface area contributed by atoms with Crippen LogP contribution in [0, 0.1) is 5.41 Å². The third-order valence-electron chi connectivity index (χ3n) is 7.06. The van der Waals surface area contributed by atoms with E-state index in [0.717, 1.165) is 22.7 Å². The second kappa shape index (κ2) is 10.1. The van der Waals surface area contributed by atoms with Gasteiger partial charge in [0.2, 0.25) is 0 Å². The second-order valence-corrected chi connectivity index (χ2v) is 14.7. The van der Waals surface area contributed by atoms with E-state index in [1.165, 1.54) is 19.6 Å². The smallest absolute Gasteiger partial charge is 0.294 e. The molecule has 0 aliphatic carbocycles. The van der Waals surface area contributed by atoms with Crippen molar-refractivity contribution < 1.29 is 18.1 Å². The Balaban J connectivity index is 1.01. The Morgan fingerprint density at radius 2 is 0.744 bits per heavy atom. The maximum Gasteiger partial charge on any atom is 0.294 e. The van der Waals surface area contributed by atoms with Crippen molar-refractivity contribution in [3.05, 3.63) is 97.1 Å². The molecule has 8 rings (SSSR count). The van der Waals surface area contributed by atoms with E-state index in [1.807, 2.05) is 0 Å². The van der Waals surface area contributed by atoms with E-state index in [1.54, 1.807) is 23.5 Å². The van der Waals surface area contributed by atoms with Crippen LogP contribution in [-0.4, -0.2) is 26.4 Å². The number of fused-ring (bicyclic) bond motifs is 4. The van der Waals surface area contributed by atoms with Gasteiger partial charge in [-0.25, -0.2) is 0 Å². The molecule has 0 amide bonds. The van der Waals surface area contributed by atoms with Gasteiger partial charge in [-0.05, 0) is 48.5 Å². The molecule has 0 unspecified atom stereocenters. The quantitative estimate of drug-likeness (QED) is 0.214. The molecule has 2 fully saturated rings. The van der Waals surface area contributed by atoms with Gasteiger partial charge in [-0.1, -0.05) is 72.1 Å². The zero-order valence-electron chi connectivity index (χ0n) is 20.8. The lowest BCUT2D eigenvalue weighted by atomic mass is 9.93. The van der Waals surface area contributed by atoms with Crippen molar-refractivity contribution in [3.8, 4) is 0 Å². The molecule has 2 saturated heterocycles. The van der Waals surface area contributed by atoms with E-state index in [0.29, 0.717) is 26.4 Å². The number of benzene rings is 4. The molecule has 10 heteroatoms. The van der Waals surface area contributed by atoms with Gasteiger partial charge in [0, 0.05) is 19.6 Å². The molecule has 196 valence electrons. The Bertz CT molecular complexity index is 1330. The van der Waals surface area contributed by atoms with Gasteiger partial charge < -0.3 is 18.1 Å². The molecule has 0 radical (unpaired) electrons. The zero-order valence-corrected chi connectivity index (χ0v) is 24.2. The predicted octanol–water partition coefficient (Wildman–Crippen LogP) is 9.13. The average molecular weight is 591 g/mol. The lowest BCUT2D eigenvalue weighted by Crippen LogP contribution is -2.46. The van der Waals surface area contributed by atoms with E-state index in [-0.39, 0.29) is 5.41 Å². The topological polar surface area (TPSA) is 43.4 Å². The first-order valence-corrected chi connectivity index (χ1v) is 16.6. The molecule has 4 heterocycles. The number of hydrogen-bond acceptors (Lipinski definition) is 8. The van der Waals surface area contributed by atoms with Gasteiger partial charge in [-0.3, -0.25) is 9.34 Å². The minimum atomic E-state index is -1.31. The van der Waals surface area contributed by atoms with E-state index >= 15 is 0 Å². The van der Waals surface area contributed by atoms with Crippen LogP contribution in [0.4, 0.5) is 22.7 Å². The first-order chi connectivity index (χ1) is 19.3. The van der Waals surface area contributed by atoms with Crippen molar-refractivity contribution in [2.75, 3.05) is 35.8 Å². The van der Waals surface area contributed by atoms with Gasteiger partial charge in [-0.2, -0.15) is 0 Å². The SMILES string of the molecule is c1ccc2c(c1)Sc1ccccc1N2P1OCC2(CO1)COP(N1c3ccccc3Sc3ccccc31)OC2. The molecular weight excluding hydrogens is 566 g/mol. The molecule has 4 aliphatic heterocycles. The van der Waals surface area contributed by atoms with Gasteiger partial charge in [0.15, 0.2) is 0 Å². The molecule has 0 N–H and O–H groups in total. The van der Waals surface area contributed by atoms with Gasteiger partial charge in [0.25, 0.3) is 17.1 Å². The molecule has 6 nitrogen and oxygen atoms in total. The first kappa shape index (κ1) is 24.7. The summed E-state index contributed by atoms with van der Waals surface area (Å²) in [5.74, 6) is 0. The molecule has 0 bridgehead atoms. The van der Waals surface area contributed by atoms with E-state index in [9.17, 15) is 0 Å². The molecule has 0 aromatic heterocycles. The highest BCUT2D eigenvalue weighted by molar-refractivity contribution is 8.00. The summed E-state index contributed by atoms with van der Waals surface area (Å²) in [6.45, 7) is 2.11. The van der Waals surface area contributed by atoms with E-state index < -0.39 is 17.1 Å². The summed E-state index contributed by atoms with van der Waals surface area (Å²) in [5.41, 5.74) is 4.18. The third-order valence-corrected chi connectivity index (χ3v) is 12.2. The fourth-order valence-corrected chi connectivity index (χ4v) is 11.0. The number of rotatable bonds is 2. The van der Waals surface area contributed by atoms with Crippen LogP contribution in [0.2, 0.25) is 0 Å². The Kier molecular flexibility index (Phi) is 6.36. The average Bonchev–Trinajstić information content (AvgIpc) is 3.00. The van der Waals surface area contributed by atoms with Crippen molar-refractivity contribution in [2.24, 2.45) is 5.41 Å². The van der Waals surface area contributed by atoms with E-state index in [4.69, 9.17) is 18.1 Å². The zero-order chi connectivity index (χ0) is 25.8. The van der Waals surface area contributed by atoms with Gasteiger partial charge in [0.05, 0.1) is 54.6 Å². The van der Waals surface area contributed by atoms with Crippen LogP contribution in [0.15, 0.2) is 117 Å². The summed E-state index contributed by atoms with van der Waals surface area (Å²) in [4.78, 5) is 4.84. The number of hydrogen-bond donors (Lipinski definition) is 0. The minimum absolute atomic E-state index is 0.329. The number of para-hydroxylation sites is 4. The monoisotopic (exact) mass is 590 g/mol. The summed E-state index contributed by atoms with van der Waals surface area (Å²) in [7, 11) is -2.61. The fourth-order valence-electron chi connectivity index (χ4n) is 5.05. The van der Waals surface area contributed by atoms with Crippen molar-refractivity contribution in [3.63, 3.8) is 0 Å². The standard InChI is InChI=1S/C29H24N2O4P2S2/c1-5-13-25-21(9-1)30(22-10-2-6-14-26(22)38-25)36-32-17-29(18-33-36)19-34-37(35-20-29)31-23-11-3-7-15-27(23)39-28-16-8-4-12-24(28)31/h1-16H,17-20H2. The van der Waals surface area contributed by atoms with Gasteiger partial charge >= 0.3 is 0 Å². The molecule has 4 aromatic carbocycles. The maximum atomic E-state index is 6.51. The fraction of sp³-hybridized carbons (Fsp3) is 0.172. The van der Waals surface area contributed by atoms with Gasteiger partial charge in [-0.15, -0.1) is 0 Å². The molecule has 0 saturated carbocycles. The van der Waals surface area contributed by atoms with Crippen molar-refractivity contribution in [2.45, 2.75) is 19.6 Å². The Morgan fingerprint density at radius 1 is 0.462 bits per heavy atom. The summed E-state index contributed by atoms with van der Waals surface area (Å²) in [6, 6.07) is 33.8. The van der Waals surface area contributed by atoms with E-state index in [2.05, 4.69) is 106 Å². The summed E-state index contributed by atoms with van der Waals surface area (Å²) in [5, 5.41) is 0. The van der Waals surface area contributed by atoms with Crippen LogP contribution in [-0.2, 0) is 18.1 Å². The Labute approximate surface area is 238 Å². The highest BCUT2D eigenvalue weighted by Crippen LogP contribution is 2.64. The Morgan fingerprint density at radius 3 is 1.05 bits per heavy atom. The third kappa shape index (κ3) is 4.30. The second-order valence-electron chi connectivity index (χ2n) is 9.77. The van der Waals surface area contributed by atoms with Crippen LogP contribution in [0.25, 0.3) is 0 Å². The lowest BCUT2D eigenvalue weighted by Gasteiger charge is -2.47. The van der Waals surface area contributed by atoms with Crippen LogP contribution in [0.1, 0.15) is 0 Å². The summed E-state index contributed by atoms with van der Waals surface area (Å²) >= 11 is 3.58. The normalized spacial score (nSPS) is 25.4. The predicted molar refractivity (Wildman–Crippen MR) is 158 cm³/mol. The Hall–Kier alpha value is -2.12. The number of nitrogens with zero attached hydrogens (tertiary/aromatic N) is 2. The van der Waals surface area contributed by atoms with Gasteiger partial charge in [0.1, 0.15) is 0 Å². The van der Waals surface area contributed by atoms with Crippen molar-refractivity contribution in [1.82, 2.24) is 0 Å². The van der Waals surface area contributed by atoms with Crippen molar-refractivity contribution >= 4 is 63.3 Å². The van der Waals surface area contributed by atoms with Crippen LogP contribution >= 0.6 is 40.6 Å². The van der Waals surface area contributed by atoms with Crippen LogP contribution in [0.3, 0.4) is 0 Å². The lowest BCUT2D eigenvalue weighted by molar-refractivity contribution is -0.0531. The van der Waals surface area contributed by atoms with Crippen LogP contribution in [0.5, 0.6) is 0 Å². The highest BCUT2D eigenvalue weighted by atomic mass is 32.2. The molecule has 0 atom stereocenters. The molecule has 39 heavy (non-hydrogen) atoms. The molecular formula is C29H24N2O4P2S2. The molecule has 4 aliphatic rings. The molecule has 4 aromatic rings. The highest BCUT2D eigenvalue weighted by Gasteiger charge is 2.47. The van der Waals surface area contributed by atoms with Crippen LogP contribution < -0.4 is 9.34 Å². The maximum absolute atomic E-state index is 6.51. The summed E-state index contributed by atoms with van der Waals surface area (Å²) in [6.07, 6.45) is 0. The largest absolute Gasteiger partial charge is 0.316 e. The van der Waals surface area contributed by atoms with Crippen molar-refractivity contribution in [1.29, 1.82) is 0 Å². The molecule has 1 spiro atoms. The minimum Gasteiger partial charge on any atom is -0.316 e. The number of anilines is 4. The first-order valence-electron chi connectivity index (χ1n) is 12.7.